The van der Waals surface area contributed by atoms with Gasteiger partial charge in [-0.1, -0.05) is 12.2 Å². The number of carboxylic acid groups (broad SMARTS) is 1. The molecule has 0 spiro atoms. The number of carboxylic acids is 1. The summed E-state index contributed by atoms with van der Waals surface area (Å²) >= 11 is 0. The molecule has 2 amide bonds. The summed E-state index contributed by atoms with van der Waals surface area (Å²) < 4.78 is 0. The summed E-state index contributed by atoms with van der Waals surface area (Å²) in [6.07, 6.45) is 7.88. The van der Waals surface area contributed by atoms with Crippen LogP contribution in [-0.4, -0.2) is 41.1 Å². The molecule has 1 aliphatic heterocycles. The molecule has 1 heterocycles. The van der Waals surface area contributed by atoms with E-state index in [0.29, 0.717) is 19.4 Å². The van der Waals surface area contributed by atoms with Crippen LogP contribution in [0.1, 0.15) is 32.1 Å². The molecule has 2 aliphatic rings. The molecule has 1 fully saturated rings. The third-order valence-corrected chi connectivity index (χ3v) is 3.75. The Balaban J connectivity index is 1.75. The molecule has 2 rings (SSSR count). The molecule has 0 bridgehead atoms. The first-order valence-corrected chi connectivity index (χ1v) is 6.60. The van der Waals surface area contributed by atoms with E-state index in [-0.39, 0.29) is 18.0 Å². The second-order valence-corrected chi connectivity index (χ2v) is 5.04. The topological polar surface area (TPSA) is 69.6 Å². The molecule has 0 unspecified atom stereocenters. The van der Waals surface area contributed by atoms with E-state index >= 15 is 0 Å². The molecule has 0 aromatic rings. The fraction of sp³-hybridized carbons (Fsp3) is 0.692. The van der Waals surface area contributed by atoms with Crippen LogP contribution in [0.15, 0.2) is 12.2 Å². The maximum atomic E-state index is 11.9. The number of nitrogens with one attached hydrogen (secondary N) is 1. The van der Waals surface area contributed by atoms with Gasteiger partial charge < -0.3 is 15.3 Å². The highest BCUT2D eigenvalue weighted by Crippen LogP contribution is 2.24. The highest BCUT2D eigenvalue weighted by atomic mass is 16.4. The van der Waals surface area contributed by atoms with E-state index in [1.54, 1.807) is 4.90 Å². The average molecular weight is 252 g/mol. The molecule has 0 aromatic carbocycles. The van der Waals surface area contributed by atoms with E-state index in [4.69, 9.17) is 5.11 Å². The smallest absolute Gasteiger partial charge is 0.317 e. The first kappa shape index (κ1) is 12.9. The van der Waals surface area contributed by atoms with Crippen molar-refractivity contribution in [2.45, 2.75) is 38.1 Å². The lowest BCUT2D eigenvalue weighted by Gasteiger charge is -2.30. The minimum atomic E-state index is -0.707. The molecule has 100 valence electrons. The van der Waals surface area contributed by atoms with Gasteiger partial charge in [-0.3, -0.25) is 4.79 Å². The molecule has 2 N–H and O–H groups in total. The minimum Gasteiger partial charge on any atom is -0.481 e. The Morgan fingerprint density at radius 2 is 1.89 bits per heavy atom. The molecule has 5 heteroatoms. The summed E-state index contributed by atoms with van der Waals surface area (Å²) in [7, 11) is 0. The van der Waals surface area contributed by atoms with Crippen molar-refractivity contribution in [3.8, 4) is 0 Å². The molecule has 0 radical (unpaired) electrons. The van der Waals surface area contributed by atoms with Gasteiger partial charge in [0.15, 0.2) is 0 Å². The third-order valence-electron chi connectivity index (χ3n) is 3.75. The highest BCUT2D eigenvalue weighted by molar-refractivity contribution is 5.75. The van der Waals surface area contributed by atoms with Crippen LogP contribution in [0, 0.1) is 5.92 Å². The van der Waals surface area contributed by atoms with E-state index in [0.717, 1.165) is 25.8 Å². The van der Waals surface area contributed by atoms with Crippen LogP contribution in [0.4, 0.5) is 4.79 Å². The molecular formula is C13H20N2O3. The normalized spacial score (nSPS) is 27.9. The van der Waals surface area contributed by atoms with Crippen molar-refractivity contribution in [1.29, 1.82) is 0 Å². The van der Waals surface area contributed by atoms with Crippen molar-refractivity contribution in [2.24, 2.45) is 5.92 Å². The van der Waals surface area contributed by atoms with Gasteiger partial charge >= 0.3 is 12.0 Å². The number of nitrogens with zero attached hydrogens (tertiary/aromatic N) is 1. The van der Waals surface area contributed by atoms with Crippen LogP contribution in [0.3, 0.4) is 0 Å². The molecule has 5 nitrogen and oxygen atoms in total. The number of urea groups is 1. The van der Waals surface area contributed by atoms with Crippen LogP contribution < -0.4 is 5.32 Å². The van der Waals surface area contributed by atoms with Gasteiger partial charge in [-0.15, -0.1) is 0 Å². The van der Waals surface area contributed by atoms with Crippen molar-refractivity contribution < 1.29 is 14.7 Å². The lowest BCUT2D eigenvalue weighted by atomic mass is 9.86. The monoisotopic (exact) mass is 252 g/mol. The number of carbonyl (C=O) groups excluding carboxylic acids is 1. The Bertz CT molecular complexity index is 346. The summed E-state index contributed by atoms with van der Waals surface area (Å²) in [5.41, 5.74) is 0. The molecule has 0 saturated heterocycles. The molecule has 1 aliphatic carbocycles. The van der Waals surface area contributed by atoms with Crippen LogP contribution in [0.25, 0.3) is 0 Å². The third kappa shape index (κ3) is 3.24. The number of carbonyl (C=O) groups is 2. The van der Waals surface area contributed by atoms with Crippen molar-refractivity contribution in [3.63, 3.8) is 0 Å². The van der Waals surface area contributed by atoms with E-state index in [1.807, 2.05) is 6.08 Å². The average Bonchev–Trinajstić information content (AvgIpc) is 2.40. The second-order valence-electron chi connectivity index (χ2n) is 5.04. The van der Waals surface area contributed by atoms with Crippen LogP contribution in [-0.2, 0) is 4.79 Å². The fourth-order valence-electron chi connectivity index (χ4n) is 2.58. The lowest BCUT2D eigenvalue weighted by Crippen LogP contribution is -2.47. The highest BCUT2D eigenvalue weighted by Gasteiger charge is 2.27. The molecule has 1 saturated carbocycles. The summed E-state index contributed by atoms with van der Waals surface area (Å²) in [5, 5.41) is 11.9. The molecule has 0 atom stereocenters. The maximum Gasteiger partial charge on any atom is 0.317 e. The van der Waals surface area contributed by atoms with Gasteiger partial charge in [-0.05, 0) is 32.1 Å². The van der Waals surface area contributed by atoms with Gasteiger partial charge in [0.25, 0.3) is 0 Å². The Kier molecular flexibility index (Phi) is 4.23. The molecule has 18 heavy (non-hydrogen) atoms. The van der Waals surface area contributed by atoms with Crippen LogP contribution in [0.2, 0.25) is 0 Å². The summed E-state index contributed by atoms with van der Waals surface area (Å²) in [6.45, 7) is 1.45. The zero-order chi connectivity index (χ0) is 13.0. The largest absolute Gasteiger partial charge is 0.481 e. The second kappa shape index (κ2) is 5.89. The van der Waals surface area contributed by atoms with Crippen molar-refractivity contribution >= 4 is 12.0 Å². The summed E-state index contributed by atoms with van der Waals surface area (Å²) in [4.78, 5) is 24.6. The predicted octanol–water partition coefficient (Wildman–Crippen LogP) is 1.60. The number of amides is 2. The number of hydrogen-bond donors (Lipinski definition) is 2. The summed E-state index contributed by atoms with van der Waals surface area (Å²) in [6, 6.07) is 0.122. The zero-order valence-electron chi connectivity index (χ0n) is 10.5. The Labute approximate surface area is 107 Å². The molecular weight excluding hydrogens is 232 g/mol. The Morgan fingerprint density at radius 3 is 2.44 bits per heavy atom. The Hall–Kier alpha value is -1.52. The number of rotatable bonds is 2. The predicted molar refractivity (Wildman–Crippen MR) is 67.2 cm³/mol. The molecule has 0 aromatic heterocycles. The SMILES string of the molecule is O=C(O)C1CCC(NC(=O)N2CC=CCC2)CC1. The van der Waals surface area contributed by atoms with Gasteiger partial charge in [0, 0.05) is 19.1 Å². The van der Waals surface area contributed by atoms with Crippen LogP contribution >= 0.6 is 0 Å². The van der Waals surface area contributed by atoms with Crippen molar-refractivity contribution in [3.05, 3.63) is 12.2 Å². The lowest BCUT2D eigenvalue weighted by molar-refractivity contribution is -0.142. The standard InChI is InChI=1S/C13H20N2O3/c16-12(17)10-4-6-11(7-5-10)14-13(18)15-8-2-1-3-9-15/h1-2,10-11H,3-9H2,(H,14,18)(H,16,17). The first-order valence-electron chi connectivity index (χ1n) is 6.60. The first-order chi connectivity index (χ1) is 8.66. The van der Waals surface area contributed by atoms with E-state index in [9.17, 15) is 9.59 Å². The van der Waals surface area contributed by atoms with Gasteiger partial charge in [0.1, 0.15) is 0 Å². The van der Waals surface area contributed by atoms with Crippen molar-refractivity contribution in [2.75, 3.05) is 13.1 Å². The minimum absolute atomic E-state index is 0.0156. The van der Waals surface area contributed by atoms with Gasteiger partial charge in [-0.25, -0.2) is 4.79 Å². The van der Waals surface area contributed by atoms with E-state index in [2.05, 4.69) is 11.4 Å². The fourth-order valence-corrected chi connectivity index (χ4v) is 2.58. The van der Waals surface area contributed by atoms with Gasteiger partial charge in [0.2, 0.25) is 0 Å². The zero-order valence-corrected chi connectivity index (χ0v) is 10.5. The maximum absolute atomic E-state index is 11.9. The van der Waals surface area contributed by atoms with E-state index in [1.165, 1.54) is 0 Å². The van der Waals surface area contributed by atoms with Crippen LogP contribution in [0.5, 0.6) is 0 Å². The number of aliphatic carboxylic acids is 1. The van der Waals surface area contributed by atoms with E-state index < -0.39 is 5.97 Å². The number of hydrogen-bond acceptors (Lipinski definition) is 2. The van der Waals surface area contributed by atoms with Gasteiger partial charge in [-0.2, -0.15) is 0 Å². The Morgan fingerprint density at radius 1 is 1.17 bits per heavy atom. The van der Waals surface area contributed by atoms with Gasteiger partial charge in [0.05, 0.1) is 5.92 Å². The summed E-state index contributed by atoms with van der Waals surface area (Å²) in [5.74, 6) is -0.933. The van der Waals surface area contributed by atoms with Crippen molar-refractivity contribution in [1.82, 2.24) is 10.2 Å². The quantitative estimate of drug-likeness (QED) is 0.733.